The van der Waals surface area contributed by atoms with Gasteiger partial charge >= 0.3 is 0 Å². The highest BCUT2D eigenvalue weighted by Crippen LogP contribution is 2.28. The van der Waals surface area contributed by atoms with Gasteiger partial charge in [0.1, 0.15) is 11.5 Å². The van der Waals surface area contributed by atoms with E-state index in [1.165, 1.54) is 11.1 Å². The van der Waals surface area contributed by atoms with E-state index in [4.69, 9.17) is 4.74 Å². The van der Waals surface area contributed by atoms with Crippen LogP contribution in [0.5, 0.6) is 5.75 Å². The molecule has 0 aliphatic heterocycles. The lowest BCUT2D eigenvalue weighted by atomic mass is 9.96. The Balaban J connectivity index is 1.63. The Morgan fingerprint density at radius 2 is 1.38 bits per heavy atom. The van der Waals surface area contributed by atoms with Crippen molar-refractivity contribution in [1.29, 1.82) is 0 Å². The zero-order chi connectivity index (χ0) is 17.8. The Labute approximate surface area is 153 Å². The van der Waals surface area contributed by atoms with Crippen LogP contribution in [0.2, 0.25) is 0 Å². The van der Waals surface area contributed by atoms with E-state index in [2.05, 4.69) is 18.2 Å². The predicted molar refractivity (Wildman–Crippen MR) is 105 cm³/mol. The van der Waals surface area contributed by atoms with Crippen LogP contribution < -0.4 is 4.74 Å². The molecule has 0 amide bonds. The van der Waals surface area contributed by atoms with Gasteiger partial charge in [0.15, 0.2) is 5.78 Å². The number of aryl methyl sites for hydroxylation is 1. The Bertz CT molecular complexity index is 937. The molecule has 3 aromatic rings. The summed E-state index contributed by atoms with van der Waals surface area (Å²) in [6, 6.07) is 26.4. The minimum absolute atomic E-state index is 0.121. The molecule has 0 radical (unpaired) electrons. The monoisotopic (exact) mass is 340 g/mol. The topological polar surface area (TPSA) is 26.3 Å². The molecule has 0 atom stereocenters. The number of fused-ring (bicyclic) bond motifs is 1. The minimum Gasteiger partial charge on any atom is -0.457 e. The molecule has 2 nitrogen and oxygen atoms in total. The fourth-order valence-corrected chi connectivity index (χ4v) is 3.29. The molecule has 0 bridgehead atoms. The highest BCUT2D eigenvalue weighted by atomic mass is 16.5. The Morgan fingerprint density at radius 3 is 2.19 bits per heavy atom. The van der Waals surface area contributed by atoms with Crippen molar-refractivity contribution in [2.75, 3.05) is 0 Å². The molecule has 0 aromatic heterocycles. The van der Waals surface area contributed by atoms with Crippen LogP contribution in [0.4, 0.5) is 0 Å². The van der Waals surface area contributed by atoms with Crippen LogP contribution in [0.25, 0.3) is 16.9 Å². The molecule has 0 N–H and O–H groups in total. The maximum atomic E-state index is 12.1. The zero-order valence-electron chi connectivity index (χ0n) is 14.5. The third kappa shape index (κ3) is 3.60. The molecule has 1 aliphatic rings. The molecule has 0 unspecified atom stereocenters. The second-order valence-corrected chi connectivity index (χ2v) is 6.48. The molecular formula is C24H20O2. The van der Waals surface area contributed by atoms with Gasteiger partial charge in [-0.15, -0.1) is 0 Å². The van der Waals surface area contributed by atoms with Crippen molar-refractivity contribution < 1.29 is 9.53 Å². The van der Waals surface area contributed by atoms with Crippen LogP contribution in [0, 0.1) is 0 Å². The van der Waals surface area contributed by atoms with Crippen molar-refractivity contribution in [3.05, 3.63) is 96.1 Å². The Kier molecular flexibility index (Phi) is 4.65. The standard InChI is InChI=1S/C24H20O2/c25-21-11-6-10-20-9-4-5-12-23(20)24(17-21)26-22-15-13-19(14-16-22)18-7-2-1-3-8-18/h1-5,7-9,12-17H,6,10-11H2/b24-17+. The average Bonchev–Trinajstić information content (AvgIpc) is 2.68. The molecule has 3 aromatic carbocycles. The van der Waals surface area contributed by atoms with E-state index in [1.807, 2.05) is 60.7 Å². The number of allylic oxidation sites excluding steroid dienone is 1. The smallest absolute Gasteiger partial charge is 0.159 e. The number of benzene rings is 3. The molecule has 128 valence electrons. The minimum atomic E-state index is 0.121. The third-order valence-corrected chi connectivity index (χ3v) is 4.63. The summed E-state index contributed by atoms with van der Waals surface area (Å²) in [4.78, 5) is 12.1. The first kappa shape index (κ1) is 16.3. The van der Waals surface area contributed by atoms with Gasteiger partial charge in [0.2, 0.25) is 0 Å². The van der Waals surface area contributed by atoms with Crippen molar-refractivity contribution in [1.82, 2.24) is 0 Å². The van der Waals surface area contributed by atoms with E-state index in [9.17, 15) is 4.79 Å². The average molecular weight is 340 g/mol. The van der Waals surface area contributed by atoms with Gasteiger partial charge in [-0.3, -0.25) is 4.79 Å². The number of ketones is 1. The lowest BCUT2D eigenvalue weighted by molar-refractivity contribution is -0.114. The van der Waals surface area contributed by atoms with Crippen LogP contribution in [-0.2, 0) is 11.2 Å². The number of ether oxygens (including phenoxy) is 1. The summed E-state index contributed by atoms with van der Waals surface area (Å²) in [5.41, 5.74) is 4.55. The quantitative estimate of drug-likeness (QED) is 0.613. The number of rotatable bonds is 3. The number of hydrogen-bond acceptors (Lipinski definition) is 2. The van der Waals surface area contributed by atoms with E-state index in [1.54, 1.807) is 6.08 Å². The zero-order valence-corrected chi connectivity index (χ0v) is 14.5. The van der Waals surface area contributed by atoms with E-state index < -0.39 is 0 Å². The summed E-state index contributed by atoms with van der Waals surface area (Å²) in [5, 5.41) is 0. The van der Waals surface area contributed by atoms with Crippen LogP contribution in [0.15, 0.2) is 84.9 Å². The molecule has 0 heterocycles. The third-order valence-electron chi connectivity index (χ3n) is 4.63. The van der Waals surface area contributed by atoms with Gasteiger partial charge in [-0.2, -0.15) is 0 Å². The molecule has 0 saturated heterocycles. The van der Waals surface area contributed by atoms with Crippen molar-refractivity contribution >= 4 is 11.5 Å². The van der Waals surface area contributed by atoms with Crippen molar-refractivity contribution in [2.45, 2.75) is 19.3 Å². The second-order valence-electron chi connectivity index (χ2n) is 6.48. The molecule has 4 rings (SSSR count). The number of carbonyl (C=O) groups excluding carboxylic acids is 1. The molecule has 26 heavy (non-hydrogen) atoms. The number of carbonyl (C=O) groups is 1. The summed E-state index contributed by atoms with van der Waals surface area (Å²) >= 11 is 0. The highest BCUT2D eigenvalue weighted by Gasteiger charge is 2.15. The van der Waals surface area contributed by atoms with Gasteiger partial charge in [-0.25, -0.2) is 0 Å². The molecular weight excluding hydrogens is 320 g/mol. The maximum absolute atomic E-state index is 12.1. The first-order valence-corrected chi connectivity index (χ1v) is 8.96. The van der Waals surface area contributed by atoms with Gasteiger partial charge in [-0.1, -0.05) is 66.7 Å². The molecule has 0 saturated carbocycles. The van der Waals surface area contributed by atoms with E-state index in [-0.39, 0.29) is 5.78 Å². The predicted octanol–water partition coefficient (Wildman–Crippen LogP) is 5.68. The first-order chi connectivity index (χ1) is 12.8. The fraction of sp³-hybridized carbons (Fsp3) is 0.125. The molecule has 1 aliphatic carbocycles. The fourth-order valence-electron chi connectivity index (χ4n) is 3.29. The van der Waals surface area contributed by atoms with E-state index in [0.717, 1.165) is 29.7 Å². The van der Waals surface area contributed by atoms with Crippen LogP contribution in [0.3, 0.4) is 0 Å². The number of hydrogen-bond donors (Lipinski definition) is 0. The summed E-state index contributed by atoms with van der Waals surface area (Å²) in [6.07, 6.45) is 3.98. The molecule has 0 spiro atoms. The normalized spacial score (nSPS) is 16.0. The molecule has 2 heteroatoms. The van der Waals surface area contributed by atoms with Gasteiger partial charge in [0.25, 0.3) is 0 Å². The summed E-state index contributed by atoms with van der Waals surface area (Å²) in [5.74, 6) is 1.49. The van der Waals surface area contributed by atoms with Crippen LogP contribution in [0.1, 0.15) is 24.0 Å². The van der Waals surface area contributed by atoms with Gasteiger partial charge < -0.3 is 4.74 Å². The lowest BCUT2D eigenvalue weighted by Gasteiger charge is -2.16. The Morgan fingerprint density at radius 1 is 0.692 bits per heavy atom. The highest BCUT2D eigenvalue weighted by molar-refractivity contribution is 5.96. The SMILES string of the molecule is O=C1/C=C(/Oc2ccc(-c3ccccc3)cc2)c2ccccc2CCC1. The van der Waals surface area contributed by atoms with Crippen LogP contribution >= 0.6 is 0 Å². The maximum Gasteiger partial charge on any atom is 0.159 e. The summed E-state index contributed by atoms with van der Waals surface area (Å²) in [7, 11) is 0. The Hall–Kier alpha value is -3.13. The van der Waals surface area contributed by atoms with Gasteiger partial charge in [0.05, 0.1) is 0 Å². The van der Waals surface area contributed by atoms with Crippen molar-refractivity contribution in [2.24, 2.45) is 0 Å². The van der Waals surface area contributed by atoms with Crippen LogP contribution in [-0.4, -0.2) is 5.78 Å². The van der Waals surface area contributed by atoms with Crippen molar-refractivity contribution in [3.63, 3.8) is 0 Å². The lowest BCUT2D eigenvalue weighted by Crippen LogP contribution is -2.07. The first-order valence-electron chi connectivity index (χ1n) is 8.96. The van der Waals surface area contributed by atoms with E-state index >= 15 is 0 Å². The van der Waals surface area contributed by atoms with E-state index in [0.29, 0.717) is 12.2 Å². The molecule has 0 fully saturated rings. The van der Waals surface area contributed by atoms with Gasteiger partial charge in [0, 0.05) is 18.1 Å². The van der Waals surface area contributed by atoms with Crippen molar-refractivity contribution in [3.8, 4) is 16.9 Å². The second kappa shape index (κ2) is 7.40. The summed E-state index contributed by atoms with van der Waals surface area (Å²) < 4.78 is 6.12. The van der Waals surface area contributed by atoms with Gasteiger partial charge in [-0.05, 0) is 41.7 Å². The summed E-state index contributed by atoms with van der Waals surface area (Å²) in [6.45, 7) is 0. The largest absolute Gasteiger partial charge is 0.457 e.